The molecule has 0 unspecified atom stereocenters. The third-order valence-electron chi connectivity index (χ3n) is 9.90. The highest BCUT2D eigenvalue weighted by atomic mass is 32.1. The Balaban J connectivity index is 1.19. The monoisotopic (exact) mass is 725 g/mol. The molecule has 3 amide bonds. The molecule has 0 radical (unpaired) electrons. The third-order valence-corrected chi connectivity index (χ3v) is 11.5. The van der Waals surface area contributed by atoms with Crippen molar-refractivity contribution in [2.75, 3.05) is 39.2 Å². The molecule has 2 saturated carbocycles. The quantitative estimate of drug-likeness (QED) is 0.244. The number of anilines is 1. The van der Waals surface area contributed by atoms with E-state index in [2.05, 4.69) is 20.9 Å². The standard InChI is InChI=1S/C37H51N5O6S2/c1-37(2,3)48-36(45)41-16-14-26(15-17-41)42(21-24-10-12-27(46-4)19-29(24)47-5)35(49)39-25-11-13-30-28(18-25)31(33(44)38-20-22-6-7-22)34(50-30)40-32(43)23-8-9-23/h10,12,19,22-23,25-26H,6-9,11,13-18,20-21H2,1-5H3,(H,38,44)(H,39,49)(H,40,43)/t25-/m0/s1. The molecule has 272 valence electrons. The molecule has 1 saturated heterocycles. The summed E-state index contributed by atoms with van der Waals surface area (Å²) in [7, 11) is 3.28. The maximum Gasteiger partial charge on any atom is 0.410 e. The number of thiophene rings is 1. The normalized spacial score (nSPS) is 19.2. The van der Waals surface area contributed by atoms with Gasteiger partial charge < -0.3 is 40.0 Å². The second-order valence-electron chi connectivity index (χ2n) is 15.0. The van der Waals surface area contributed by atoms with Crippen molar-refractivity contribution < 1.29 is 28.6 Å². The van der Waals surface area contributed by atoms with Crippen molar-refractivity contribution in [2.45, 2.75) is 103 Å². The van der Waals surface area contributed by atoms with Gasteiger partial charge in [0.2, 0.25) is 5.91 Å². The molecule has 2 aromatic rings. The Labute approximate surface area is 304 Å². The molecule has 3 fully saturated rings. The Kier molecular flexibility index (Phi) is 11.1. The number of carbonyl (C=O) groups excluding carboxylic acids is 3. The van der Waals surface area contributed by atoms with Gasteiger partial charge in [-0.3, -0.25) is 9.59 Å². The van der Waals surface area contributed by atoms with Crippen LogP contribution in [0.15, 0.2) is 18.2 Å². The predicted octanol–water partition coefficient (Wildman–Crippen LogP) is 5.89. The maximum atomic E-state index is 13.6. The molecule has 11 nitrogen and oxygen atoms in total. The highest BCUT2D eigenvalue weighted by molar-refractivity contribution is 7.80. The lowest BCUT2D eigenvalue weighted by Crippen LogP contribution is -2.53. The van der Waals surface area contributed by atoms with Crippen LogP contribution in [0, 0.1) is 11.8 Å². The fraction of sp³-hybridized carbons (Fsp3) is 0.622. The summed E-state index contributed by atoms with van der Waals surface area (Å²) in [5.41, 5.74) is 2.04. The van der Waals surface area contributed by atoms with Crippen LogP contribution in [0.3, 0.4) is 0 Å². The maximum absolute atomic E-state index is 13.6. The van der Waals surface area contributed by atoms with Crippen LogP contribution in [0.2, 0.25) is 0 Å². The number of fused-ring (bicyclic) bond motifs is 1. The van der Waals surface area contributed by atoms with Crippen LogP contribution in [0.1, 0.15) is 92.1 Å². The molecule has 0 spiro atoms. The first-order valence-electron chi connectivity index (χ1n) is 17.9. The Bertz CT molecular complexity index is 1590. The number of methoxy groups -OCH3 is 2. The van der Waals surface area contributed by atoms with Crippen LogP contribution >= 0.6 is 23.6 Å². The van der Waals surface area contributed by atoms with E-state index in [1.807, 2.05) is 39.0 Å². The summed E-state index contributed by atoms with van der Waals surface area (Å²) in [6.07, 6.45) is 7.55. The van der Waals surface area contributed by atoms with Gasteiger partial charge >= 0.3 is 6.09 Å². The molecular weight excluding hydrogens is 675 g/mol. The van der Waals surface area contributed by atoms with E-state index in [0.717, 1.165) is 67.4 Å². The van der Waals surface area contributed by atoms with Crippen molar-refractivity contribution in [3.8, 4) is 11.5 Å². The molecule has 1 aromatic carbocycles. The first kappa shape index (κ1) is 36.2. The highest BCUT2D eigenvalue weighted by Gasteiger charge is 2.36. The van der Waals surface area contributed by atoms with Crippen LogP contribution in [0.4, 0.5) is 9.80 Å². The first-order valence-corrected chi connectivity index (χ1v) is 19.1. The Hall–Kier alpha value is -3.58. The van der Waals surface area contributed by atoms with Crippen molar-refractivity contribution in [3.05, 3.63) is 39.8 Å². The van der Waals surface area contributed by atoms with Crippen LogP contribution in [-0.2, 0) is 28.9 Å². The zero-order valence-corrected chi connectivity index (χ0v) is 31.5. The third kappa shape index (κ3) is 9.01. The van der Waals surface area contributed by atoms with Gasteiger partial charge in [-0.1, -0.05) is 0 Å². The van der Waals surface area contributed by atoms with Gasteiger partial charge in [0.1, 0.15) is 22.1 Å². The van der Waals surface area contributed by atoms with E-state index in [4.69, 9.17) is 26.4 Å². The number of rotatable bonds is 11. The fourth-order valence-corrected chi connectivity index (χ4v) is 8.34. The summed E-state index contributed by atoms with van der Waals surface area (Å²) < 4.78 is 16.8. The van der Waals surface area contributed by atoms with Gasteiger partial charge in [0.15, 0.2) is 5.11 Å². The van der Waals surface area contributed by atoms with Gasteiger partial charge in [-0.2, -0.15) is 0 Å². The molecule has 3 aliphatic carbocycles. The van der Waals surface area contributed by atoms with Crippen LogP contribution in [0.5, 0.6) is 11.5 Å². The van der Waals surface area contributed by atoms with Crippen LogP contribution in [0.25, 0.3) is 0 Å². The van der Waals surface area contributed by atoms with Gasteiger partial charge in [-0.25, -0.2) is 4.79 Å². The van der Waals surface area contributed by atoms with E-state index in [9.17, 15) is 14.4 Å². The molecule has 13 heteroatoms. The summed E-state index contributed by atoms with van der Waals surface area (Å²) in [6.45, 7) is 7.95. The average molecular weight is 726 g/mol. The number of benzene rings is 1. The second-order valence-corrected chi connectivity index (χ2v) is 16.5. The van der Waals surface area contributed by atoms with E-state index in [0.29, 0.717) is 65.7 Å². The number of thiocarbonyl (C=S) groups is 1. The smallest absolute Gasteiger partial charge is 0.410 e. The highest BCUT2D eigenvalue weighted by Crippen LogP contribution is 2.40. The van der Waals surface area contributed by atoms with E-state index in [1.54, 1.807) is 30.5 Å². The summed E-state index contributed by atoms with van der Waals surface area (Å²) >= 11 is 7.73. The molecule has 4 aliphatic rings. The van der Waals surface area contributed by atoms with E-state index in [1.165, 1.54) is 0 Å². The minimum atomic E-state index is -0.556. The summed E-state index contributed by atoms with van der Waals surface area (Å²) in [5.74, 6) is 1.94. The van der Waals surface area contributed by atoms with Crippen molar-refractivity contribution in [2.24, 2.45) is 11.8 Å². The summed E-state index contributed by atoms with van der Waals surface area (Å²) in [5, 5.41) is 11.2. The zero-order valence-electron chi connectivity index (χ0n) is 29.9. The van der Waals surface area contributed by atoms with Gasteiger partial charge in [0, 0.05) is 60.7 Å². The lowest BCUT2D eigenvalue weighted by Gasteiger charge is -2.41. The van der Waals surface area contributed by atoms with Gasteiger partial charge in [-0.05, 0) is 114 Å². The minimum absolute atomic E-state index is 0.00804. The lowest BCUT2D eigenvalue weighted by atomic mass is 9.91. The number of nitrogens with zero attached hydrogens (tertiary/aromatic N) is 2. The minimum Gasteiger partial charge on any atom is -0.497 e. The van der Waals surface area contributed by atoms with Gasteiger partial charge in [0.25, 0.3) is 5.91 Å². The number of hydrogen-bond donors (Lipinski definition) is 3. The van der Waals surface area contributed by atoms with Crippen LogP contribution in [-0.4, -0.2) is 84.4 Å². The number of nitrogens with one attached hydrogen (secondary N) is 3. The number of aryl methyl sites for hydroxylation is 1. The largest absolute Gasteiger partial charge is 0.497 e. The van der Waals surface area contributed by atoms with Gasteiger partial charge in [0.05, 0.1) is 19.8 Å². The van der Waals surface area contributed by atoms with E-state index >= 15 is 0 Å². The molecule has 3 N–H and O–H groups in total. The molecule has 6 rings (SSSR count). The molecule has 2 heterocycles. The van der Waals surface area contributed by atoms with E-state index < -0.39 is 5.60 Å². The van der Waals surface area contributed by atoms with Gasteiger partial charge in [-0.15, -0.1) is 11.3 Å². The first-order chi connectivity index (χ1) is 23.9. The number of likely N-dealkylation sites (tertiary alicyclic amines) is 1. The molecule has 1 atom stereocenters. The number of ether oxygens (including phenoxy) is 3. The number of hydrogen-bond acceptors (Lipinski definition) is 8. The van der Waals surface area contributed by atoms with Crippen molar-refractivity contribution >= 4 is 51.6 Å². The zero-order chi connectivity index (χ0) is 35.6. The predicted molar refractivity (Wildman–Crippen MR) is 198 cm³/mol. The SMILES string of the molecule is COc1ccc(CN(C(=S)N[C@H]2CCc3sc(NC(=O)C4CC4)c(C(=O)NCC4CC4)c3C2)C2CCN(C(=O)OC(C)(C)C)CC2)c(OC)c1. The number of piperidine rings is 1. The van der Waals surface area contributed by atoms with Crippen molar-refractivity contribution in [3.63, 3.8) is 0 Å². The fourth-order valence-electron chi connectivity index (χ4n) is 6.72. The molecule has 50 heavy (non-hydrogen) atoms. The molecular formula is C37H51N5O6S2. The molecule has 1 aliphatic heterocycles. The summed E-state index contributed by atoms with van der Waals surface area (Å²) in [4.78, 5) is 44.4. The Morgan fingerprint density at radius 2 is 1.76 bits per heavy atom. The Morgan fingerprint density at radius 3 is 2.40 bits per heavy atom. The van der Waals surface area contributed by atoms with Crippen molar-refractivity contribution in [1.29, 1.82) is 0 Å². The number of carbonyl (C=O) groups is 3. The average Bonchev–Trinajstić information content (AvgIpc) is 4.02. The van der Waals surface area contributed by atoms with Crippen molar-refractivity contribution in [1.82, 2.24) is 20.4 Å². The second kappa shape index (κ2) is 15.3. The molecule has 1 aromatic heterocycles. The lowest BCUT2D eigenvalue weighted by molar-refractivity contribution is -0.117. The Morgan fingerprint density at radius 1 is 1.02 bits per heavy atom. The van der Waals surface area contributed by atoms with E-state index in [-0.39, 0.29) is 35.9 Å². The van der Waals surface area contributed by atoms with Crippen LogP contribution < -0.4 is 25.4 Å². The summed E-state index contributed by atoms with van der Waals surface area (Å²) in [6, 6.07) is 5.89. The topological polar surface area (TPSA) is 121 Å². The number of amides is 3. The molecule has 0 bridgehead atoms.